The van der Waals surface area contributed by atoms with Gasteiger partial charge in [0, 0.05) is 16.3 Å². The molecule has 0 saturated carbocycles. The number of halogens is 1. The molecule has 2 rings (SSSR count). The summed E-state index contributed by atoms with van der Waals surface area (Å²) in [5.41, 5.74) is 1.86. The maximum atomic E-state index is 11.8. The molecule has 3 nitrogen and oxygen atoms in total. The predicted molar refractivity (Wildman–Crippen MR) is 67.7 cm³/mol. The van der Waals surface area contributed by atoms with Gasteiger partial charge in [-0.15, -0.1) is 0 Å². The number of carbonyl (C=O) groups is 1. The van der Waals surface area contributed by atoms with Gasteiger partial charge in [-0.25, -0.2) is 0 Å². The molecule has 0 aliphatic heterocycles. The average Bonchev–Trinajstić information content (AvgIpc) is 2.66. The van der Waals surface area contributed by atoms with Crippen LogP contribution in [0.5, 0.6) is 0 Å². The molecule has 84 valence electrons. The Morgan fingerprint density at radius 2 is 2.19 bits per heavy atom. The molecule has 0 aliphatic carbocycles. The first-order valence-corrected chi connectivity index (χ1v) is 6.17. The van der Waals surface area contributed by atoms with Crippen molar-refractivity contribution < 1.29 is 4.79 Å². The van der Waals surface area contributed by atoms with E-state index in [1.165, 1.54) is 4.68 Å². The van der Waals surface area contributed by atoms with Crippen LogP contribution in [-0.4, -0.2) is 15.7 Å². The summed E-state index contributed by atoms with van der Waals surface area (Å²) < 4.78 is 2.48. The Morgan fingerprint density at radius 1 is 1.44 bits per heavy atom. The van der Waals surface area contributed by atoms with Crippen molar-refractivity contribution in [2.24, 2.45) is 0 Å². The van der Waals surface area contributed by atoms with Crippen molar-refractivity contribution in [2.45, 2.75) is 26.7 Å². The summed E-state index contributed by atoms with van der Waals surface area (Å²) in [5.74, 6) is 0.0304. The monoisotopic (exact) mass is 280 g/mol. The van der Waals surface area contributed by atoms with Crippen LogP contribution in [0, 0.1) is 0 Å². The quantitative estimate of drug-likeness (QED) is 0.845. The van der Waals surface area contributed by atoms with E-state index in [1.54, 1.807) is 0 Å². The number of fused-ring (bicyclic) bond motifs is 1. The molecular weight excluding hydrogens is 268 g/mol. The van der Waals surface area contributed by atoms with Crippen molar-refractivity contribution in [3.05, 3.63) is 28.4 Å². The zero-order valence-corrected chi connectivity index (χ0v) is 10.9. The van der Waals surface area contributed by atoms with E-state index < -0.39 is 0 Å². The number of aromatic nitrogens is 2. The molecule has 0 atom stereocenters. The minimum Gasteiger partial charge on any atom is -0.273 e. The van der Waals surface area contributed by atoms with Gasteiger partial charge in [-0.05, 0) is 24.6 Å². The maximum absolute atomic E-state index is 11.8. The van der Waals surface area contributed by atoms with E-state index >= 15 is 0 Å². The highest BCUT2D eigenvalue weighted by molar-refractivity contribution is 9.10. The molecule has 2 aromatic rings. The van der Waals surface area contributed by atoms with Crippen LogP contribution in [0.15, 0.2) is 22.7 Å². The van der Waals surface area contributed by atoms with Gasteiger partial charge in [0.25, 0.3) is 0 Å². The summed E-state index contributed by atoms with van der Waals surface area (Å²) in [7, 11) is 0. The molecule has 0 unspecified atom stereocenters. The van der Waals surface area contributed by atoms with Crippen LogP contribution in [0.4, 0.5) is 0 Å². The summed E-state index contributed by atoms with van der Waals surface area (Å²) in [6.07, 6.45) is 1.30. The minimum atomic E-state index is 0.0304. The zero-order chi connectivity index (χ0) is 11.7. The van der Waals surface area contributed by atoms with Gasteiger partial charge < -0.3 is 0 Å². The van der Waals surface area contributed by atoms with Crippen molar-refractivity contribution in [2.75, 3.05) is 0 Å². The summed E-state index contributed by atoms with van der Waals surface area (Å²) in [6, 6.07) is 5.92. The molecule has 0 radical (unpaired) electrons. The van der Waals surface area contributed by atoms with E-state index in [0.717, 1.165) is 27.5 Å². The van der Waals surface area contributed by atoms with E-state index in [-0.39, 0.29) is 5.91 Å². The minimum absolute atomic E-state index is 0.0304. The van der Waals surface area contributed by atoms with Gasteiger partial charge in [0.05, 0.1) is 11.2 Å². The molecule has 0 aliphatic rings. The van der Waals surface area contributed by atoms with Crippen molar-refractivity contribution in [1.82, 2.24) is 9.78 Å². The van der Waals surface area contributed by atoms with E-state index in [1.807, 2.05) is 32.0 Å². The molecule has 0 spiro atoms. The molecule has 0 fully saturated rings. The van der Waals surface area contributed by atoms with Crippen LogP contribution in [0.3, 0.4) is 0 Å². The Labute approximate surface area is 103 Å². The third-order valence-electron chi connectivity index (χ3n) is 2.59. The first-order chi connectivity index (χ1) is 7.67. The van der Waals surface area contributed by atoms with Crippen molar-refractivity contribution in [3.63, 3.8) is 0 Å². The molecule has 4 heteroatoms. The maximum Gasteiger partial charge on any atom is 0.247 e. The van der Waals surface area contributed by atoms with Gasteiger partial charge in [0.2, 0.25) is 5.91 Å². The van der Waals surface area contributed by atoms with Crippen molar-refractivity contribution in [3.8, 4) is 0 Å². The Hall–Kier alpha value is -1.16. The van der Waals surface area contributed by atoms with Gasteiger partial charge in [0.15, 0.2) is 0 Å². The fourth-order valence-corrected chi connectivity index (χ4v) is 2.10. The number of carbonyl (C=O) groups excluding carboxylic acids is 1. The molecule has 1 heterocycles. The van der Waals surface area contributed by atoms with Crippen LogP contribution in [-0.2, 0) is 6.42 Å². The molecule has 1 aromatic heterocycles. The Bertz CT molecular complexity index is 545. The van der Waals surface area contributed by atoms with E-state index in [0.29, 0.717) is 6.42 Å². The Morgan fingerprint density at radius 3 is 2.81 bits per heavy atom. The zero-order valence-electron chi connectivity index (χ0n) is 9.33. The van der Waals surface area contributed by atoms with Gasteiger partial charge in [-0.3, -0.25) is 4.79 Å². The Kier molecular flexibility index (Phi) is 3.10. The predicted octanol–water partition coefficient (Wildman–Crippen LogP) is 3.41. The van der Waals surface area contributed by atoms with E-state index in [4.69, 9.17) is 0 Å². The summed E-state index contributed by atoms with van der Waals surface area (Å²) in [5, 5.41) is 5.43. The standard InChI is InChI=1S/C12H13BrN2O/c1-3-10-9-6-5-8(13)7-11(9)15(14-10)12(16)4-2/h5-7H,3-4H2,1-2H3. The Balaban J connectivity index is 2.73. The molecule has 16 heavy (non-hydrogen) atoms. The highest BCUT2D eigenvalue weighted by Gasteiger charge is 2.13. The normalized spacial score (nSPS) is 10.9. The number of aryl methyl sites for hydroxylation is 1. The smallest absolute Gasteiger partial charge is 0.247 e. The molecule has 0 amide bonds. The first kappa shape index (κ1) is 11.3. The van der Waals surface area contributed by atoms with Crippen LogP contribution >= 0.6 is 15.9 Å². The van der Waals surface area contributed by atoms with Crippen LogP contribution in [0.25, 0.3) is 10.9 Å². The fourth-order valence-electron chi connectivity index (χ4n) is 1.75. The summed E-state index contributed by atoms with van der Waals surface area (Å²) in [6.45, 7) is 3.89. The van der Waals surface area contributed by atoms with E-state index in [9.17, 15) is 4.79 Å². The lowest BCUT2D eigenvalue weighted by molar-refractivity contribution is 0.0898. The van der Waals surface area contributed by atoms with Gasteiger partial charge >= 0.3 is 0 Å². The van der Waals surface area contributed by atoms with Gasteiger partial charge in [0.1, 0.15) is 0 Å². The third-order valence-corrected chi connectivity index (χ3v) is 3.09. The first-order valence-electron chi connectivity index (χ1n) is 5.37. The third kappa shape index (κ3) is 1.78. The molecule has 0 saturated heterocycles. The molecule has 0 N–H and O–H groups in total. The SMILES string of the molecule is CCC(=O)n1nc(CC)c2ccc(Br)cc21. The molecular formula is C12H13BrN2O. The number of hydrogen-bond acceptors (Lipinski definition) is 2. The van der Waals surface area contributed by atoms with Crippen molar-refractivity contribution >= 4 is 32.7 Å². The molecule has 0 bridgehead atoms. The topological polar surface area (TPSA) is 34.9 Å². The second-order valence-corrected chi connectivity index (χ2v) is 4.54. The summed E-state index contributed by atoms with van der Waals surface area (Å²) in [4.78, 5) is 11.8. The van der Waals surface area contributed by atoms with Crippen LogP contribution < -0.4 is 0 Å². The van der Waals surface area contributed by atoms with Gasteiger partial charge in [-0.2, -0.15) is 9.78 Å². The summed E-state index contributed by atoms with van der Waals surface area (Å²) >= 11 is 3.42. The lowest BCUT2D eigenvalue weighted by atomic mass is 10.2. The average molecular weight is 281 g/mol. The highest BCUT2D eigenvalue weighted by atomic mass is 79.9. The second kappa shape index (κ2) is 4.37. The lowest BCUT2D eigenvalue weighted by Crippen LogP contribution is -2.10. The van der Waals surface area contributed by atoms with Crippen molar-refractivity contribution in [1.29, 1.82) is 0 Å². The highest BCUT2D eigenvalue weighted by Crippen LogP contribution is 2.23. The van der Waals surface area contributed by atoms with Crippen LogP contribution in [0.2, 0.25) is 0 Å². The molecule has 1 aromatic carbocycles. The van der Waals surface area contributed by atoms with Gasteiger partial charge in [-0.1, -0.05) is 29.8 Å². The van der Waals surface area contributed by atoms with Crippen LogP contribution in [0.1, 0.15) is 30.8 Å². The fraction of sp³-hybridized carbons (Fsp3) is 0.333. The number of rotatable bonds is 2. The number of benzene rings is 1. The van der Waals surface area contributed by atoms with E-state index in [2.05, 4.69) is 21.0 Å². The lowest BCUT2D eigenvalue weighted by Gasteiger charge is -1.99. The largest absolute Gasteiger partial charge is 0.273 e. The number of nitrogens with zero attached hydrogens (tertiary/aromatic N) is 2. The number of hydrogen-bond donors (Lipinski definition) is 0. The second-order valence-electron chi connectivity index (χ2n) is 3.62.